The number of halogens is 1. The number of Topliss-reactive ketones (excluding diaryl/α,β-unsaturated/α-hetero) is 1. The Bertz CT molecular complexity index is 540. The first-order chi connectivity index (χ1) is 10.6. The second kappa shape index (κ2) is 10.0. The standard InChI is InChI=1S/C17H22ClNO3/c1-3-5-8-11-19-12-14(17(21)22-4-2)16(20)13-9-6-7-10-15(13)18/h6-7,9-10,12,19H,3-5,8,11H2,1-2H3. The van der Waals surface area contributed by atoms with Gasteiger partial charge in [0.05, 0.1) is 11.6 Å². The number of carbonyl (C=O) groups is 2. The van der Waals surface area contributed by atoms with Crippen LogP contribution < -0.4 is 5.32 Å². The topological polar surface area (TPSA) is 55.4 Å². The molecule has 22 heavy (non-hydrogen) atoms. The number of hydrogen-bond acceptors (Lipinski definition) is 4. The molecule has 0 heterocycles. The predicted octanol–water partition coefficient (Wildman–Crippen LogP) is 3.75. The van der Waals surface area contributed by atoms with E-state index in [0.29, 0.717) is 17.1 Å². The van der Waals surface area contributed by atoms with Gasteiger partial charge in [0.2, 0.25) is 5.78 Å². The van der Waals surface area contributed by atoms with Crippen molar-refractivity contribution in [1.29, 1.82) is 0 Å². The molecule has 0 radical (unpaired) electrons. The third kappa shape index (κ3) is 5.53. The van der Waals surface area contributed by atoms with E-state index in [1.54, 1.807) is 31.2 Å². The van der Waals surface area contributed by atoms with Crippen molar-refractivity contribution in [2.45, 2.75) is 33.1 Å². The van der Waals surface area contributed by atoms with Gasteiger partial charge < -0.3 is 10.1 Å². The first-order valence-corrected chi connectivity index (χ1v) is 7.89. The summed E-state index contributed by atoms with van der Waals surface area (Å²) >= 11 is 6.03. The number of ketones is 1. The van der Waals surface area contributed by atoms with E-state index in [9.17, 15) is 9.59 Å². The lowest BCUT2D eigenvalue weighted by molar-refractivity contribution is -0.138. The summed E-state index contributed by atoms with van der Waals surface area (Å²) in [6.07, 6.45) is 4.60. The molecule has 0 aliphatic rings. The molecule has 0 bridgehead atoms. The highest BCUT2D eigenvalue weighted by molar-refractivity contribution is 6.36. The molecule has 1 rings (SSSR count). The van der Waals surface area contributed by atoms with Crippen molar-refractivity contribution < 1.29 is 14.3 Å². The summed E-state index contributed by atoms with van der Waals surface area (Å²) in [6, 6.07) is 6.65. The minimum Gasteiger partial charge on any atom is -0.462 e. The van der Waals surface area contributed by atoms with E-state index < -0.39 is 11.8 Å². The van der Waals surface area contributed by atoms with Crippen molar-refractivity contribution in [2.24, 2.45) is 0 Å². The van der Waals surface area contributed by atoms with Crippen molar-refractivity contribution in [3.8, 4) is 0 Å². The minimum absolute atomic E-state index is 0.0357. The summed E-state index contributed by atoms with van der Waals surface area (Å²) in [5.41, 5.74) is 0.255. The molecule has 1 aromatic rings. The first kappa shape index (κ1) is 18.2. The monoisotopic (exact) mass is 323 g/mol. The second-order valence-corrected chi connectivity index (χ2v) is 5.16. The van der Waals surface area contributed by atoms with E-state index in [1.807, 2.05) is 0 Å². The predicted molar refractivity (Wildman–Crippen MR) is 88.0 cm³/mol. The summed E-state index contributed by atoms with van der Waals surface area (Å²) in [4.78, 5) is 24.5. The molecule has 0 amide bonds. The molecule has 4 nitrogen and oxygen atoms in total. The van der Waals surface area contributed by atoms with E-state index >= 15 is 0 Å². The van der Waals surface area contributed by atoms with Gasteiger partial charge in [0, 0.05) is 18.3 Å². The Morgan fingerprint density at radius 3 is 2.59 bits per heavy atom. The molecule has 0 spiro atoms. The third-order valence-electron chi connectivity index (χ3n) is 3.03. The van der Waals surface area contributed by atoms with E-state index in [2.05, 4.69) is 12.2 Å². The van der Waals surface area contributed by atoms with Crippen LogP contribution in [0.4, 0.5) is 0 Å². The van der Waals surface area contributed by atoms with E-state index in [1.165, 1.54) is 6.20 Å². The maximum absolute atomic E-state index is 12.5. The van der Waals surface area contributed by atoms with Crippen LogP contribution in [-0.4, -0.2) is 24.9 Å². The van der Waals surface area contributed by atoms with Crippen molar-refractivity contribution in [3.05, 3.63) is 46.6 Å². The molecule has 1 aromatic carbocycles. The average Bonchev–Trinajstić information content (AvgIpc) is 2.51. The Morgan fingerprint density at radius 1 is 1.23 bits per heavy atom. The van der Waals surface area contributed by atoms with Gasteiger partial charge in [-0.1, -0.05) is 43.5 Å². The van der Waals surface area contributed by atoms with Crippen LogP contribution in [0.5, 0.6) is 0 Å². The number of ether oxygens (including phenoxy) is 1. The fraction of sp³-hybridized carbons (Fsp3) is 0.412. The van der Waals surface area contributed by atoms with Crippen LogP contribution >= 0.6 is 11.6 Å². The van der Waals surface area contributed by atoms with Crippen LogP contribution in [0.1, 0.15) is 43.5 Å². The molecule has 120 valence electrons. The van der Waals surface area contributed by atoms with Gasteiger partial charge in [-0.3, -0.25) is 4.79 Å². The number of rotatable bonds is 9. The lowest BCUT2D eigenvalue weighted by Gasteiger charge is -2.08. The van der Waals surface area contributed by atoms with Crippen LogP contribution in [-0.2, 0) is 9.53 Å². The van der Waals surface area contributed by atoms with E-state index in [4.69, 9.17) is 16.3 Å². The van der Waals surface area contributed by atoms with E-state index in [-0.39, 0.29) is 12.2 Å². The molecule has 5 heteroatoms. The number of benzene rings is 1. The Hall–Kier alpha value is -1.81. The molecule has 1 N–H and O–H groups in total. The lowest BCUT2D eigenvalue weighted by atomic mass is 10.0. The van der Waals surface area contributed by atoms with Gasteiger partial charge in [0.1, 0.15) is 5.57 Å². The second-order valence-electron chi connectivity index (χ2n) is 4.75. The number of unbranched alkanes of at least 4 members (excludes halogenated alkanes) is 2. The van der Waals surface area contributed by atoms with Gasteiger partial charge >= 0.3 is 5.97 Å². The number of carbonyl (C=O) groups excluding carboxylic acids is 2. The molecule has 0 unspecified atom stereocenters. The smallest absolute Gasteiger partial charge is 0.343 e. The summed E-state index contributed by atoms with van der Waals surface area (Å²) in [7, 11) is 0. The van der Waals surface area contributed by atoms with Crippen molar-refractivity contribution in [1.82, 2.24) is 5.32 Å². The zero-order valence-electron chi connectivity index (χ0n) is 13.0. The van der Waals surface area contributed by atoms with Crippen LogP contribution in [0.3, 0.4) is 0 Å². The summed E-state index contributed by atoms with van der Waals surface area (Å²) in [5, 5.41) is 3.32. The Morgan fingerprint density at radius 2 is 1.95 bits per heavy atom. The average molecular weight is 324 g/mol. The largest absolute Gasteiger partial charge is 0.462 e. The van der Waals surface area contributed by atoms with Crippen molar-refractivity contribution >= 4 is 23.4 Å². The molecular formula is C17H22ClNO3. The zero-order chi connectivity index (χ0) is 16.4. The Kier molecular flexibility index (Phi) is 8.30. The maximum atomic E-state index is 12.5. The van der Waals surface area contributed by atoms with Crippen LogP contribution in [0.2, 0.25) is 5.02 Å². The first-order valence-electron chi connectivity index (χ1n) is 7.51. The fourth-order valence-electron chi connectivity index (χ4n) is 1.87. The van der Waals surface area contributed by atoms with Gasteiger partial charge in [-0.2, -0.15) is 0 Å². The van der Waals surface area contributed by atoms with Gasteiger partial charge in [-0.15, -0.1) is 0 Å². The Balaban J connectivity index is 2.90. The number of nitrogens with one attached hydrogen (secondary N) is 1. The van der Waals surface area contributed by atoms with E-state index in [0.717, 1.165) is 19.3 Å². The summed E-state index contributed by atoms with van der Waals surface area (Å²) in [6.45, 7) is 4.72. The van der Waals surface area contributed by atoms with Gasteiger partial charge in [0.15, 0.2) is 0 Å². The minimum atomic E-state index is -0.643. The third-order valence-corrected chi connectivity index (χ3v) is 3.36. The van der Waals surface area contributed by atoms with Crippen molar-refractivity contribution in [2.75, 3.05) is 13.2 Å². The highest BCUT2D eigenvalue weighted by atomic mass is 35.5. The molecule has 0 atom stereocenters. The van der Waals surface area contributed by atoms with Crippen molar-refractivity contribution in [3.63, 3.8) is 0 Å². The van der Waals surface area contributed by atoms with Crippen LogP contribution in [0, 0.1) is 0 Å². The van der Waals surface area contributed by atoms with Crippen LogP contribution in [0.25, 0.3) is 0 Å². The molecule has 0 saturated heterocycles. The SMILES string of the molecule is CCCCCNC=C(C(=O)OCC)C(=O)c1ccccc1Cl. The summed E-state index contributed by atoms with van der Waals surface area (Å²) < 4.78 is 4.95. The zero-order valence-corrected chi connectivity index (χ0v) is 13.8. The molecule has 0 saturated carbocycles. The molecule has 0 fully saturated rings. The Labute approximate surface area is 136 Å². The molecule has 0 aliphatic heterocycles. The fourth-order valence-corrected chi connectivity index (χ4v) is 2.09. The van der Waals surface area contributed by atoms with Gasteiger partial charge in [0.25, 0.3) is 0 Å². The lowest BCUT2D eigenvalue weighted by Crippen LogP contribution is -2.20. The van der Waals surface area contributed by atoms with Crippen LogP contribution in [0.15, 0.2) is 36.0 Å². The maximum Gasteiger partial charge on any atom is 0.343 e. The quantitative estimate of drug-likeness (QED) is 0.188. The number of hydrogen-bond donors (Lipinski definition) is 1. The summed E-state index contributed by atoms with van der Waals surface area (Å²) in [5.74, 6) is -1.08. The number of esters is 1. The van der Waals surface area contributed by atoms with Gasteiger partial charge in [-0.25, -0.2) is 4.79 Å². The normalized spacial score (nSPS) is 11.1. The molecule has 0 aromatic heterocycles. The highest BCUT2D eigenvalue weighted by Crippen LogP contribution is 2.19. The molecular weight excluding hydrogens is 302 g/mol. The highest BCUT2D eigenvalue weighted by Gasteiger charge is 2.22. The molecule has 0 aliphatic carbocycles. The van der Waals surface area contributed by atoms with Gasteiger partial charge in [-0.05, 0) is 25.5 Å².